The second-order valence-corrected chi connectivity index (χ2v) is 7.98. The summed E-state index contributed by atoms with van der Waals surface area (Å²) in [5.74, 6) is -1.43. The van der Waals surface area contributed by atoms with E-state index in [1.165, 1.54) is 15.6 Å². The van der Waals surface area contributed by atoms with Gasteiger partial charge in [-0.25, -0.2) is 8.42 Å². The highest BCUT2D eigenvalue weighted by molar-refractivity contribution is 7.91. The van der Waals surface area contributed by atoms with Crippen LogP contribution in [-0.4, -0.2) is 50.2 Å². The van der Waals surface area contributed by atoms with E-state index < -0.39 is 21.8 Å². The van der Waals surface area contributed by atoms with Gasteiger partial charge >= 0.3 is 11.8 Å². The second kappa shape index (κ2) is 7.21. The molecule has 2 heterocycles. The largest absolute Gasteiger partial charge is 0.348 e. The van der Waals surface area contributed by atoms with Crippen molar-refractivity contribution in [1.29, 1.82) is 0 Å². The van der Waals surface area contributed by atoms with Gasteiger partial charge < -0.3 is 10.6 Å². The average molecular weight is 345 g/mol. The molecule has 2 rings (SSSR count). The van der Waals surface area contributed by atoms with Crippen molar-refractivity contribution in [3.05, 3.63) is 17.5 Å². The van der Waals surface area contributed by atoms with Gasteiger partial charge in [0, 0.05) is 25.7 Å². The van der Waals surface area contributed by atoms with Gasteiger partial charge in [-0.05, 0) is 31.2 Å². The van der Waals surface area contributed by atoms with Crippen LogP contribution >= 0.6 is 11.3 Å². The zero-order chi connectivity index (χ0) is 16.2. The monoisotopic (exact) mass is 345 g/mol. The van der Waals surface area contributed by atoms with Crippen LogP contribution in [0, 0.1) is 0 Å². The summed E-state index contributed by atoms with van der Waals surface area (Å²) in [4.78, 5) is 22.9. The average Bonchev–Trinajstić information content (AvgIpc) is 3.16. The van der Waals surface area contributed by atoms with Crippen LogP contribution in [-0.2, 0) is 19.6 Å². The summed E-state index contributed by atoms with van der Waals surface area (Å²) in [6.45, 7) is 2.66. The van der Waals surface area contributed by atoms with Crippen molar-refractivity contribution in [3.8, 4) is 0 Å². The standard InChI is InChI=1S/C13H19N3O4S2/c1-2-14-12(17)13(18)15-9-10-5-3-7-16(10)22(19,20)11-6-4-8-21-11/h4,6,8,10H,2-3,5,7,9H2,1H3,(H,14,17)(H,15,18)/t10-/m1/s1. The third-order valence-corrected chi connectivity index (χ3v) is 6.75. The molecule has 122 valence electrons. The van der Waals surface area contributed by atoms with Crippen molar-refractivity contribution in [2.24, 2.45) is 0 Å². The number of sulfonamides is 1. The summed E-state index contributed by atoms with van der Waals surface area (Å²) in [6, 6.07) is 2.95. The molecule has 0 spiro atoms. The Bertz CT molecular complexity index is 628. The lowest BCUT2D eigenvalue weighted by molar-refractivity contribution is -0.139. The van der Waals surface area contributed by atoms with Crippen LogP contribution < -0.4 is 10.6 Å². The molecule has 1 fully saturated rings. The van der Waals surface area contributed by atoms with Crippen molar-refractivity contribution in [2.75, 3.05) is 19.6 Å². The third kappa shape index (κ3) is 3.65. The Hall–Kier alpha value is -1.45. The smallest absolute Gasteiger partial charge is 0.309 e. The van der Waals surface area contributed by atoms with E-state index in [1.807, 2.05) is 0 Å². The molecule has 0 saturated carbocycles. The molecule has 0 aliphatic carbocycles. The van der Waals surface area contributed by atoms with E-state index in [0.29, 0.717) is 23.7 Å². The van der Waals surface area contributed by atoms with E-state index in [-0.39, 0.29) is 12.6 Å². The summed E-state index contributed by atoms with van der Waals surface area (Å²) in [6.07, 6.45) is 1.41. The summed E-state index contributed by atoms with van der Waals surface area (Å²) in [7, 11) is -3.52. The van der Waals surface area contributed by atoms with Gasteiger partial charge in [-0.2, -0.15) is 4.31 Å². The molecule has 2 N–H and O–H groups in total. The molecule has 1 atom stereocenters. The van der Waals surface area contributed by atoms with Crippen LogP contribution in [0.4, 0.5) is 0 Å². The quantitative estimate of drug-likeness (QED) is 0.743. The number of nitrogens with one attached hydrogen (secondary N) is 2. The first-order valence-electron chi connectivity index (χ1n) is 7.08. The van der Waals surface area contributed by atoms with Gasteiger partial charge in [0.25, 0.3) is 10.0 Å². The Morgan fingerprint density at radius 3 is 2.73 bits per heavy atom. The number of thiophene rings is 1. The van der Waals surface area contributed by atoms with Crippen molar-refractivity contribution in [2.45, 2.75) is 30.0 Å². The van der Waals surface area contributed by atoms with E-state index in [0.717, 1.165) is 6.42 Å². The predicted octanol–water partition coefficient (Wildman–Crippen LogP) is 0.154. The van der Waals surface area contributed by atoms with Gasteiger partial charge in [0.2, 0.25) is 0 Å². The van der Waals surface area contributed by atoms with E-state index in [4.69, 9.17) is 0 Å². The van der Waals surface area contributed by atoms with E-state index in [9.17, 15) is 18.0 Å². The van der Waals surface area contributed by atoms with E-state index >= 15 is 0 Å². The van der Waals surface area contributed by atoms with E-state index in [2.05, 4.69) is 10.6 Å². The van der Waals surface area contributed by atoms with Gasteiger partial charge in [0.1, 0.15) is 4.21 Å². The lowest BCUT2D eigenvalue weighted by Crippen LogP contribution is -2.46. The number of rotatable bonds is 5. The van der Waals surface area contributed by atoms with Crippen molar-refractivity contribution >= 4 is 33.2 Å². The lowest BCUT2D eigenvalue weighted by atomic mass is 10.2. The minimum atomic E-state index is -3.52. The van der Waals surface area contributed by atoms with Crippen LogP contribution in [0.15, 0.2) is 21.7 Å². The molecule has 7 nitrogen and oxygen atoms in total. The van der Waals surface area contributed by atoms with Crippen LogP contribution in [0.3, 0.4) is 0 Å². The minimum Gasteiger partial charge on any atom is -0.348 e. The second-order valence-electron chi connectivity index (χ2n) is 4.91. The van der Waals surface area contributed by atoms with E-state index in [1.54, 1.807) is 24.4 Å². The van der Waals surface area contributed by atoms with Crippen molar-refractivity contribution in [3.63, 3.8) is 0 Å². The Morgan fingerprint density at radius 2 is 2.09 bits per heavy atom. The molecule has 0 unspecified atom stereocenters. The fourth-order valence-electron chi connectivity index (χ4n) is 2.39. The number of likely N-dealkylation sites (N-methyl/N-ethyl adjacent to an activating group) is 1. The molecule has 0 aromatic carbocycles. The minimum absolute atomic E-state index is 0.139. The SMILES string of the molecule is CCNC(=O)C(=O)NC[C@H]1CCCN1S(=O)(=O)c1cccs1. The lowest BCUT2D eigenvalue weighted by Gasteiger charge is -2.23. The Balaban J connectivity index is 2.00. The van der Waals surface area contributed by atoms with Crippen LogP contribution in [0.2, 0.25) is 0 Å². The first-order chi connectivity index (χ1) is 10.5. The van der Waals surface area contributed by atoms with Crippen molar-refractivity contribution in [1.82, 2.24) is 14.9 Å². The number of amides is 2. The van der Waals surface area contributed by atoms with Gasteiger partial charge in [-0.3, -0.25) is 9.59 Å². The fourth-order valence-corrected chi connectivity index (χ4v) is 5.20. The maximum atomic E-state index is 12.5. The number of carbonyl (C=O) groups is 2. The maximum Gasteiger partial charge on any atom is 0.309 e. The van der Waals surface area contributed by atoms with Gasteiger partial charge in [-0.15, -0.1) is 11.3 Å². The Morgan fingerprint density at radius 1 is 1.36 bits per heavy atom. The molecule has 22 heavy (non-hydrogen) atoms. The molecular weight excluding hydrogens is 326 g/mol. The fraction of sp³-hybridized carbons (Fsp3) is 0.538. The Kier molecular flexibility index (Phi) is 5.54. The van der Waals surface area contributed by atoms with Crippen LogP contribution in [0.1, 0.15) is 19.8 Å². The normalized spacial score (nSPS) is 19.0. The number of nitrogens with zero attached hydrogens (tertiary/aromatic N) is 1. The topological polar surface area (TPSA) is 95.6 Å². The first-order valence-corrected chi connectivity index (χ1v) is 9.40. The molecule has 9 heteroatoms. The van der Waals surface area contributed by atoms with Crippen LogP contribution in [0.5, 0.6) is 0 Å². The molecule has 1 aliphatic rings. The number of hydrogen-bond donors (Lipinski definition) is 2. The zero-order valence-corrected chi connectivity index (χ0v) is 13.9. The van der Waals surface area contributed by atoms with Gasteiger partial charge in [0.15, 0.2) is 0 Å². The van der Waals surface area contributed by atoms with Crippen LogP contribution in [0.25, 0.3) is 0 Å². The highest BCUT2D eigenvalue weighted by Crippen LogP contribution is 2.28. The maximum absolute atomic E-state index is 12.5. The zero-order valence-electron chi connectivity index (χ0n) is 12.2. The number of hydrogen-bond acceptors (Lipinski definition) is 5. The van der Waals surface area contributed by atoms with Crippen molar-refractivity contribution < 1.29 is 18.0 Å². The third-order valence-electron chi connectivity index (χ3n) is 3.42. The molecule has 1 aliphatic heterocycles. The predicted molar refractivity (Wildman–Crippen MR) is 82.9 cm³/mol. The highest BCUT2D eigenvalue weighted by atomic mass is 32.2. The first kappa shape index (κ1) is 16.9. The number of carbonyl (C=O) groups excluding carboxylic acids is 2. The molecule has 1 aromatic rings. The van der Waals surface area contributed by atoms with Gasteiger partial charge in [0.05, 0.1) is 0 Å². The molecule has 1 aromatic heterocycles. The summed E-state index contributed by atoms with van der Waals surface area (Å²) in [5.41, 5.74) is 0. The molecule has 0 bridgehead atoms. The molecule has 1 saturated heterocycles. The molecule has 0 radical (unpaired) electrons. The summed E-state index contributed by atoms with van der Waals surface area (Å²) in [5, 5.41) is 6.62. The van der Waals surface area contributed by atoms with Gasteiger partial charge in [-0.1, -0.05) is 6.07 Å². The summed E-state index contributed by atoms with van der Waals surface area (Å²) < 4.78 is 26.8. The summed E-state index contributed by atoms with van der Waals surface area (Å²) >= 11 is 1.17. The molecule has 2 amide bonds. The highest BCUT2D eigenvalue weighted by Gasteiger charge is 2.36. The molecular formula is C13H19N3O4S2. The Labute approximate surface area is 133 Å².